The molecule has 0 saturated heterocycles. The van der Waals surface area contributed by atoms with E-state index in [0.717, 1.165) is 30.9 Å². The third-order valence-corrected chi connectivity index (χ3v) is 3.96. The molecule has 1 aromatic rings. The Labute approximate surface area is 110 Å². The number of methoxy groups -OCH3 is 1. The van der Waals surface area contributed by atoms with Gasteiger partial charge in [-0.25, -0.2) is 0 Å². The Morgan fingerprint density at radius 2 is 2.17 bits per heavy atom. The van der Waals surface area contributed by atoms with E-state index in [1.807, 2.05) is 6.07 Å². The van der Waals surface area contributed by atoms with Crippen LogP contribution in [0.2, 0.25) is 0 Å². The number of nitrogens with two attached hydrogens (primary N) is 1. The van der Waals surface area contributed by atoms with Gasteiger partial charge in [0.25, 0.3) is 0 Å². The van der Waals surface area contributed by atoms with Crippen LogP contribution in [0.4, 0.5) is 5.69 Å². The second kappa shape index (κ2) is 5.72. The lowest BCUT2D eigenvalue weighted by Crippen LogP contribution is -2.24. The van der Waals surface area contributed by atoms with E-state index in [4.69, 9.17) is 10.5 Å². The van der Waals surface area contributed by atoms with Crippen LogP contribution in [0.5, 0.6) is 0 Å². The molecule has 2 rings (SSSR count). The van der Waals surface area contributed by atoms with Crippen LogP contribution < -0.4 is 11.1 Å². The zero-order valence-electron chi connectivity index (χ0n) is 11.5. The Kier molecular flexibility index (Phi) is 4.25. The first-order chi connectivity index (χ1) is 8.65. The number of rotatable bonds is 7. The molecular weight excluding hydrogens is 224 g/mol. The molecule has 3 nitrogen and oxygen atoms in total. The largest absolute Gasteiger partial charge is 0.399 e. The number of benzene rings is 1. The minimum Gasteiger partial charge on any atom is -0.399 e. The summed E-state index contributed by atoms with van der Waals surface area (Å²) < 4.78 is 5.17. The maximum absolute atomic E-state index is 5.82. The number of hydrogen-bond donors (Lipinski definition) is 2. The molecule has 1 aliphatic carbocycles. The number of ether oxygens (including phenoxy) is 1. The number of anilines is 1. The predicted octanol–water partition coefficient (Wildman–Crippen LogP) is 2.48. The van der Waals surface area contributed by atoms with Crippen LogP contribution in [0.1, 0.15) is 30.4 Å². The van der Waals surface area contributed by atoms with Crippen molar-refractivity contribution in [2.24, 2.45) is 5.41 Å². The van der Waals surface area contributed by atoms with Gasteiger partial charge in [-0.2, -0.15) is 0 Å². The van der Waals surface area contributed by atoms with Crippen LogP contribution in [-0.2, 0) is 11.3 Å². The maximum Gasteiger partial charge on any atom is 0.0468 e. The zero-order valence-corrected chi connectivity index (χ0v) is 11.5. The molecule has 0 amide bonds. The molecule has 0 spiro atoms. The van der Waals surface area contributed by atoms with E-state index < -0.39 is 0 Å². The average Bonchev–Trinajstić information content (AvgIpc) is 3.12. The van der Waals surface area contributed by atoms with Gasteiger partial charge in [-0.1, -0.05) is 12.1 Å². The van der Waals surface area contributed by atoms with E-state index in [1.165, 1.54) is 24.8 Å². The first-order valence-corrected chi connectivity index (χ1v) is 6.70. The monoisotopic (exact) mass is 248 g/mol. The van der Waals surface area contributed by atoms with Crippen molar-refractivity contribution in [3.63, 3.8) is 0 Å². The lowest BCUT2D eigenvalue weighted by molar-refractivity contribution is 0.171. The molecule has 0 aliphatic heterocycles. The highest BCUT2D eigenvalue weighted by atomic mass is 16.5. The van der Waals surface area contributed by atoms with Crippen LogP contribution in [0.3, 0.4) is 0 Å². The third kappa shape index (κ3) is 3.47. The molecule has 0 bridgehead atoms. The van der Waals surface area contributed by atoms with Gasteiger partial charge in [-0.15, -0.1) is 0 Å². The van der Waals surface area contributed by atoms with Crippen LogP contribution >= 0.6 is 0 Å². The lowest BCUT2D eigenvalue weighted by atomic mass is 10.0. The second-order valence-electron chi connectivity index (χ2n) is 5.54. The maximum atomic E-state index is 5.82. The van der Waals surface area contributed by atoms with Gasteiger partial charge in [0.2, 0.25) is 0 Å². The molecule has 0 unspecified atom stereocenters. The van der Waals surface area contributed by atoms with E-state index in [0.29, 0.717) is 5.41 Å². The topological polar surface area (TPSA) is 47.3 Å². The summed E-state index contributed by atoms with van der Waals surface area (Å²) in [7, 11) is 1.78. The Balaban J connectivity index is 1.76. The summed E-state index contributed by atoms with van der Waals surface area (Å²) in [5.41, 5.74) is 9.67. The molecule has 0 aromatic heterocycles. The molecule has 3 N–H and O–H groups in total. The van der Waals surface area contributed by atoms with Gasteiger partial charge < -0.3 is 15.8 Å². The summed E-state index contributed by atoms with van der Waals surface area (Å²) in [5, 5.41) is 3.56. The molecule has 18 heavy (non-hydrogen) atoms. The Bertz CT molecular complexity index is 399. The van der Waals surface area contributed by atoms with Gasteiger partial charge in [0.05, 0.1) is 0 Å². The van der Waals surface area contributed by atoms with Crippen molar-refractivity contribution in [1.29, 1.82) is 0 Å². The van der Waals surface area contributed by atoms with Crippen LogP contribution in [0.25, 0.3) is 0 Å². The molecule has 100 valence electrons. The number of aryl methyl sites for hydroxylation is 1. The minimum absolute atomic E-state index is 0.513. The first-order valence-electron chi connectivity index (χ1n) is 6.70. The molecule has 0 heterocycles. The molecule has 1 fully saturated rings. The summed E-state index contributed by atoms with van der Waals surface area (Å²) >= 11 is 0. The molecule has 1 saturated carbocycles. The van der Waals surface area contributed by atoms with Crippen molar-refractivity contribution in [2.45, 2.75) is 32.7 Å². The summed E-state index contributed by atoms with van der Waals surface area (Å²) in [4.78, 5) is 0. The van der Waals surface area contributed by atoms with E-state index in [1.54, 1.807) is 7.11 Å². The highest BCUT2D eigenvalue weighted by molar-refractivity contribution is 5.47. The number of hydrogen-bond acceptors (Lipinski definition) is 3. The van der Waals surface area contributed by atoms with Crippen LogP contribution in [-0.4, -0.2) is 20.3 Å². The second-order valence-corrected chi connectivity index (χ2v) is 5.54. The molecule has 1 aromatic carbocycles. The lowest BCUT2D eigenvalue weighted by Gasteiger charge is -2.15. The van der Waals surface area contributed by atoms with E-state index in [2.05, 4.69) is 24.4 Å². The van der Waals surface area contributed by atoms with Crippen molar-refractivity contribution in [3.8, 4) is 0 Å². The average molecular weight is 248 g/mol. The van der Waals surface area contributed by atoms with Gasteiger partial charge in [0.1, 0.15) is 0 Å². The first kappa shape index (κ1) is 13.4. The van der Waals surface area contributed by atoms with Gasteiger partial charge in [-0.3, -0.25) is 0 Å². The molecule has 0 radical (unpaired) electrons. The smallest absolute Gasteiger partial charge is 0.0468 e. The molecule has 0 atom stereocenters. The standard InChI is InChI=1S/C15H24N2O/c1-12-9-13(3-4-14(12)16)10-17-11-15(5-6-15)7-8-18-2/h3-4,9,17H,5-8,10-11,16H2,1-2H3. The van der Waals surface area contributed by atoms with Crippen molar-refractivity contribution in [1.82, 2.24) is 5.32 Å². The van der Waals surface area contributed by atoms with Crippen LogP contribution in [0, 0.1) is 12.3 Å². The fourth-order valence-electron chi connectivity index (χ4n) is 2.33. The van der Waals surface area contributed by atoms with E-state index in [-0.39, 0.29) is 0 Å². The van der Waals surface area contributed by atoms with E-state index in [9.17, 15) is 0 Å². The normalized spacial score (nSPS) is 16.8. The van der Waals surface area contributed by atoms with Crippen molar-refractivity contribution < 1.29 is 4.74 Å². The van der Waals surface area contributed by atoms with Crippen molar-refractivity contribution in [2.75, 3.05) is 26.0 Å². The Morgan fingerprint density at radius 3 is 2.78 bits per heavy atom. The highest BCUT2D eigenvalue weighted by Gasteiger charge is 2.41. The highest BCUT2D eigenvalue weighted by Crippen LogP contribution is 2.48. The summed E-state index contributed by atoms with van der Waals surface area (Å²) in [5.74, 6) is 0. The van der Waals surface area contributed by atoms with Gasteiger partial charge in [0.15, 0.2) is 0 Å². The Hall–Kier alpha value is -1.06. The van der Waals surface area contributed by atoms with Crippen molar-refractivity contribution >= 4 is 5.69 Å². The predicted molar refractivity (Wildman–Crippen MR) is 75.5 cm³/mol. The summed E-state index contributed by atoms with van der Waals surface area (Å²) in [6, 6.07) is 6.26. The Morgan fingerprint density at radius 1 is 1.39 bits per heavy atom. The number of nitrogen functional groups attached to an aromatic ring is 1. The van der Waals surface area contributed by atoms with E-state index >= 15 is 0 Å². The third-order valence-electron chi connectivity index (χ3n) is 3.96. The SMILES string of the molecule is COCCC1(CNCc2ccc(N)c(C)c2)CC1. The summed E-state index contributed by atoms with van der Waals surface area (Å²) in [6.07, 6.45) is 3.85. The number of nitrogens with one attached hydrogen (secondary N) is 1. The summed E-state index contributed by atoms with van der Waals surface area (Å²) in [6.45, 7) is 4.96. The van der Waals surface area contributed by atoms with Gasteiger partial charge >= 0.3 is 0 Å². The van der Waals surface area contributed by atoms with Gasteiger partial charge in [0, 0.05) is 32.5 Å². The fraction of sp³-hybridized carbons (Fsp3) is 0.600. The quantitative estimate of drug-likeness (QED) is 0.729. The zero-order chi connectivity index (χ0) is 13.0. The fourth-order valence-corrected chi connectivity index (χ4v) is 2.33. The van der Waals surface area contributed by atoms with Crippen molar-refractivity contribution in [3.05, 3.63) is 29.3 Å². The van der Waals surface area contributed by atoms with Gasteiger partial charge in [-0.05, 0) is 48.8 Å². The van der Waals surface area contributed by atoms with Crippen LogP contribution in [0.15, 0.2) is 18.2 Å². The molecular formula is C15H24N2O. The molecule has 3 heteroatoms. The minimum atomic E-state index is 0.513. The molecule has 1 aliphatic rings.